The Morgan fingerprint density at radius 3 is 2.81 bits per heavy atom. The molecule has 0 amide bonds. The molecule has 0 saturated heterocycles. The van der Waals surface area contributed by atoms with Crippen molar-refractivity contribution in [3.8, 4) is 6.07 Å². The van der Waals surface area contributed by atoms with E-state index in [9.17, 15) is 10.2 Å². The van der Waals surface area contributed by atoms with Gasteiger partial charge in [0.25, 0.3) is 0 Å². The predicted molar refractivity (Wildman–Crippen MR) is 62.5 cm³/mol. The van der Waals surface area contributed by atoms with Crippen LogP contribution in [0.25, 0.3) is 0 Å². The average molecular weight is 255 g/mol. The largest absolute Gasteiger partial charge is 0.197 e. The molecule has 0 bridgehead atoms. The van der Waals surface area contributed by atoms with Gasteiger partial charge in [-0.3, -0.25) is 0 Å². The molecule has 2 atom stereocenters. The summed E-state index contributed by atoms with van der Waals surface area (Å²) in [5, 5.41) is 12.9. The molecule has 5 heteroatoms. The lowest BCUT2D eigenvalue weighted by Gasteiger charge is -2.08. The maximum Gasteiger partial charge on any atom is 0.0874 e. The normalized spacial score (nSPS) is 27.2. The summed E-state index contributed by atoms with van der Waals surface area (Å²) >= 11 is 11.7. The summed E-state index contributed by atoms with van der Waals surface area (Å²) in [4.78, 5) is 10.2. The maximum absolute atomic E-state index is 10.2. The molecule has 1 aliphatic rings. The smallest absolute Gasteiger partial charge is 0.0874 e. The third kappa shape index (κ3) is 1.68. The molecule has 0 aromatic heterocycles. The number of nitroso groups, excluding NO2 is 1. The summed E-state index contributed by atoms with van der Waals surface area (Å²) in [7, 11) is 0. The number of nitrogens with zero attached hydrogens (tertiary/aromatic N) is 2. The number of halogens is 2. The second kappa shape index (κ2) is 4.04. The SMILES string of the molecule is N#C[C@]1(c2ccc(Cl)c(Cl)c2)C[C@H]1CN=O. The first-order valence-electron chi connectivity index (χ1n) is 4.80. The van der Waals surface area contributed by atoms with E-state index in [1.165, 1.54) is 0 Å². The first kappa shape index (κ1) is 11.4. The van der Waals surface area contributed by atoms with Gasteiger partial charge in [0, 0.05) is 5.92 Å². The van der Waals surface area contributed by atoms with Crippen molar-refractivity contribution < 1.29 is 0 Å². The third-order valence-corrected chi connectivity index (χ3v) is 3.77. The molecule has 1 fully saturated rings. The van der Waals surface area contributed by atoms with Crippen LogP contribution in [-0.4, -0.2) is 6.54 Å². The van der Waals surface area contributed by atoms with Gasteiger partial charge >= 0.3 is 0 Å². The lowest BCUT2D eigenvalue weighted by atomic mass is 9.95. The molecule has 16 heavy (non-hydrogen) atoms. The van der Waals surface area contributed by atoms with Gasteiger partial charge in [-0.1, -0.05) is 34.4 Å². The van der Waals surface area contributed by atoms with Crippen molar-refractivity contribution >= 4 is 23.2 Å². The fraction of sp³-hybridized carbons (Fsp3) is 0.364. The van der Waals surface area contributed by atoms with Gasteiger partial charge in [0.15, 0.2) is 0 Å². The highest BCUT2D eigenvalue weighted by Crippen LogP contribution is 2.54. The molecule has 0 aliphatic heterocycles. The van der Waals surface area contributed by atoms with E-state index in [0.29, 0.717) is 16.5 Å². The molecule has 2 rings (SSSR count). The van der Waals surface area contributed by atoms with E-state index in [2.05, 4.69) is 11.2 Å². The monoisotopic (exact) mass is 254 g/mol. The quantitative estimate of drug-likeness (QED) is 0.775. The van der Waals surface area contributed by atoms with Crippen LogP contribution in [0.4, 0.5) is 0 Å². The summed E-state index contributed by atoms with van der Waals surface area (Å²) in [5.41, 5.74) is 0.223. The number of benzene rings is 1. The van der Waals surface area contributed by atoms with Crippen molar-refractivity contribution in [2.24, 2.45) is 11.1 Å². The molecule has 1 aliphatic carbocycles. The van der Waals surface area contributed by atoms with Crippen molar-refractivity contribution in [1.82, 2.24) is 0 Å². The van der Waals surface area contributed by atoms with Crippen molar-refractivity contribution in [2.45, 2.75) is 11.8 Å². The summed E-state index contributed by atoms with van der Waals surface area (Å²) in [6.07, 6.45) is 0.660. The molecule has 0 spiro atoms. The van der Waals surface area contributed by atoms with Crippen LogP contribution in [-0.2, 0) is 5.41 Å². The van der Waals surface area contributed by atoms with Crippen LogP contribution >= 0.6 is 23.2 Å². The molecule has 1 aromatic rings. The Morgan fingerprint density at radius 1 is 1.50 bits per heavy atom. The zero-order valence-corrected chi connectivity index (χ0v) is 9.79. The Labute approximate surface area is 103 Å². The lowest BCUT2D eigenvalue weighted by Crippen LogP contribution is -2.08. The summed E-state index contributed by atoms with van der Waals surface area (Å²) in [5.74, 6) is 0.00671. The van der Waals surface area contributed by atoms with Crippen LogP contribution < -0.4 is 0 Å². The highest BCUT2D eigenvalue weighted by atomic mass is 35.5. The van der Waals surface area contributed by atoms with Gasteiger partial charge in [-0.15, -0.1) is 0 Å². The zero-order valence-electron chi connectivity index (χ0n) is 8.28. The van der Waals surface area contributed by atoms with Gasteiger partial charge in [0.05, 0.1) is 28.1 Å². The van der Waals surface area contributed by atoms with Crippen molar-refractivity contribution in [1.29, 1.82) is 5.26 Å². The highest BCUT2D eigenvalue weighted by Gasteiger charge is 2.56. The van der Waals surface area contributed by atoms with Gasteiger partial charge in [-0.2, -0.15) is 10.2 Å². The summed E-state index contributed by atoms with van der Waals surface area (Å²) < 4.78 is 0. The number of rotatable bonds is 3. The number of hydrogen-bond donors (Lipinski definition) is 0. The standard InChI is InChI=1S/C11H8Cl2N2O/c12-9-2-1-7(3-10(9)13)11(6-14)4-8(11)5-15-16/h1-3,8H,4-5H2/t8-,11-/m0/s1. The molecule has 0 heterocycles. The molecule has 1 saturated carbocycles. The summed E-state index contributed by atoms with van der Waals surface area (Å²) in [6, 6.07) is 7.39. The second-order valence-electron chi connectivity index (χ2n) is 3.92. The van der Waals surface area contributed by atoms with Crippen LogP contribution in [0.15, 0.2) is 23.4 Å². The molecule has 0 radical (unpaired) electrons. The van der Waals surface area contributed by atoms with Crippen LogP contribution in [0.1, 0.15) is 12.0 Å². The Bertz CT molecular complexity index is 483. The van der Waals surface area contributed by atoms with Crippen molar-refractivity contribution in [3.63, 3.8) is 0 Å². The van der Waals surface area contributed by atoms with E-state index in [1.54, 1.807) is 18.2 Å². The van der Waals surface area contributed by atoms with Crippen molar-refractivity contribution in [2.75, 3.05) is 6.54 Å². The van der Waals surface area contributed by atoms with Crippen molar-refractivity contribution in [3.05, 3.63) is 38.7 Å². The minimum absolute atomic E-state index is 0.00671. The predicted octanol–water partition coefficient (Wildman–Crippen LogP) is 3.54. The Balaban J connectivity index is 2.34. The molecular weight excluding hydrogens is 247 g/mol. The molecule has 0 unspecified atom stereocenters. The molecule has 82 valence electrons. The van der Waals surface area contributed by atoms with Crippen LogP contribution in [0.2, 0.25) is 10.0 Å². The summed E-state index contributed by atoms with van der Waals surface area (Å²) in [6.45, 7) is 0.174. The third-order valence-electron chi connectivity index (χ3n) is 3.03. The highest BCUT2D eigenvalue weighted by molar-refractivity contribution is 6.42. The maximum atomic E-state index is 10.2. The van der Waals surface area contributed by atoms with Crippen LogP contribution in [0, 0.1) is 22.2 Å². The minimum atomic E-state index is -0.595. The molecule has 0 N–H and O–H groups in total. The van der Waals surface area contributed by atoms with E-state index in [0.717, 1.165) is 5.56 Å². The van der Waals surface area contributed by atoms with E-state index >= 15 is 0 Å². The van der Waals surface area contributed by atoms with E-state index in [-0.39, 0.29) is 12.5 Å². The fourth-order valence-corrected chi connectivity index (χ4v) is 2.27. The molecule has 3 nitrogen and oxygen atoms in total. The fourth-order valence-electron chi connectivity index (χ4n) is 1.97. The topological polar surface area (TPSA) is 53.2 Å². The van der Waals surface area contributed by atoms with Gasteiger partial charge < -0.3 is 0 Å². The molecular formula is C11H8Cl2N2O. The van der Waals surface area contributed by atoms with Crippen LogP contribution in [0.5, 0.6) is 0 Å². The van der Waals surface area contributed by atoms with Gasteiger partial charge in [0.1, 0.15) is 0 Å². The zero-order chi connectivity index (χ0) is 11.8. The first-order chi connectivity index (χ1) is 7.64. The number of nitriles is 1. The van der Waals surface area contributed by atoms with E-state index in [1.807, 2.05) is 0 Å². The molecule has 1 aromatic carbocycles. The minimum Gasteiger partial charge on any atom is -0.197 e. The Hall–Kier alpha value is -1.11. The Morgan fingerprint density at radius 2 is 2.25 bits per heavy atom. The second-order valence-corrected chi connectivity index (χ2v) is 4.74. The van der Waals surface area contributed by atoms with Crippen LogP contribution in [0.3, 0.4) is 0 Å². The van der Waals surface area contributed by atoms with E-state index in [4.69, 9.17) is 23.2 Å². The van der Waals surface area contributed by atoms with Gasteiger partial charge in [-0.05, 0) is 24.1 Å². The van der Waals surface area contributed by atoms with E-state index < -0.39 is 5.41 Å². The average Bonchev–Trinajstić information content (AvgIpc) is 2.98. The first-order valence-corrected chi connectivity index (χ1v) is 5.55. The Kier molecular flexibility index (Phi) is 2.88. The van der Waals surface area contributed by atoms with Gasteiger partial charge in [0.2, 0.25) is 0 Å². The lowest BCUT2D eigenvalue weighted by molar-refractivity contribution is 0.732. The van der Waals surface area contributed by atoms with Gasteiger partial charge in [-0.25, -0.2) is 0 Å². The number of hydrogen-bond acceptors (Lipinski definition) is 3.